The molecule has 3 aromatic rings. The molecule has 0 fully saturated rings. The van der Waals surface area contributed by atoms with Crippen LogP contribution in [0.2, 0.25) is 0 Å². The summed E-state index contributed by atoms with van der Waals surface area (Å²) in [5, 5.41) is 11.5. The molecule has 3 nitrogen and oxygen atoms in total. The zero-order valence-corrected chi connectivity index (χ0v) is 11.4. The summed E-state index contributed by atoms with van der Waals surface area (Å²) in [6.07, 6.45) is 0. The Bertz CT molecular complexity index is 826. The molecule has 0 spiro atoms. The Kier molecular flexibility index (Phi) is 2.99. The van der Waals surface area contributed by atoms with Gasteiger partial charge in [0.2, 0.25) is 0 Å². The van der Waals surface area contributed by atoms with Gasteiger partial charge in [0.25, 0.3) is 0 Å². The predicted octanol–water partition coefficient (Wildman–Crippen LogP) is 4.11. The zero-order valence-electron chi connectivity index (χ0n) is 10.6. The van der Waals surface area contributed by atoms with Crippen LogP contribution in [0.3, 0.4) is 0 Å². The van der Waals surface area contributed by atoms with Gasteiger partial charge in [-0.2, -0.15) is 0 Å². The molecule has 1 N–H and O–H groups in total. The first-order valence-electron chi connectivity index (χ1n) is 5.95. The quantitative estimate of drug-likeness (QED) is 0.771. The first kappa shape index (κ1) is 12.7. The lowest BCUT2D eigenvalue weighted by Gasteiger charge is -2.07. The van der Waals surface area contributed by atoms with E-state index in [1.807, 2.05) is 18.4 Å². The largest absolute Gasteiger partial charge is 0.478 e. The van der Waals surface area contributed by atoms with Crippen molar-refractivity contribution in [1.29, 1.82) is 0 Å². The van der Waals surface area contributed by atoms with Crippen molar-refractivity contribution in [2.45, 2.75) is 6.92 Å². The van der Waals surface area contributed by atoms with Crippen LogP contribution in [-0.4, -0.2) is 16.1 Å². The second kappa shape index (κ2) is 4.68. The van der Waals surface area contributed by atoms with Gasteiger partial charge in [0.15, 0.2) is 0 Å². The second-order valence-corrected chi connectivity index (χ2v) is 5.35. The molecule has 0 saturated heterocycles. The average molecular weight is 287 g/mol. The number of hydrogen-bond donors (Lipinski definition) is 1. The maximum absolute atomic E-state index is 13.9. The molecule has 0 aliphatic heterocycles. The molecule has 3 rings (SSSR count). The van der Waals surface area contributed by atoms with E-state index in [4.69, 9.17) is 0 Å². The van der Waals surface area contributed by atoms with E-state index < -0.39 is 11.8 Å². The van der Waals surface area contributed by atoms with E-state index >= 15 is 0 Å². The van der Waals surface area contributed by atoms with Gasteiger partial charge in [-0.25, -0.2) is 14.2 Å². The average Bonchev–Trinajstić information content (AvgIpc) is 2.84. The number of carboxylic acids is 1. The van der Waals surface area contributed by atoms with E-state index in [1.54, 1.807) is 6.07 Å². The minimum absolute atomic E-state index is 0.0669. The van der Waals surface area contributed by atoms with Crippen LogP contribution in [0.15, 0.2) is 35.7 Å². The highest BCUT2D eigenvalue weighted by Gasteiger charge is 2.16. The number of carboxylic acid groups (broad SMARTS) is 1. The lowest BCUT2D eigenvalue weighted by Crippen LogP contribution is -2.01. The molecule has 0 radical (unpaired) electrons. The maximum Gasteiger partial charge on any atom is 0.336 e. The molecule has 1 aromatic carbocycles. The summed E-state index contributed by atoms with van der Waals surface area (Å²) < 4.78 is 13.9. The third-order valence-corrected chi connectivity index (χ3v) is 4.15. The fourth-order valence-corrected chi connectivity index (χ4v) is 3.03. The highest BCUT2D eigenvalue weighted by atomic mass is 32.1. The van der Waals surface area contributed by atoms with E-state index in [9.17, 15) is 14.3 Å². The highest BCUT2D eigenvalue weighted by Crippen LogP contribution is 2.31. The second-order valence-electron chi connectivity index (χ2n) is 4.43. The third kappa shape index (κ3) is 1.96. The van der Waals surface area contributed by atoms with Crippen LogP contribution in [0.5, 0.6) is 0 Å². The number of para-hydroxylation sites is 1. The number of halogens is 1. The summed E-state index contributed by atoms with van der Waals surface area (Å²) in [4.78, 5) is 16.5. The Balaban J connectivity index is 2.39. The molecule has 0 aliphatic rings. The van der Waals surface area contributed by atoms with Crippen LogP contribution in [0.25, 0.3) is 21.5 Å². The Labute approximate surface area is 118 Å². The molecule has 0 atom stereocenters. The van der Waals surface area contributed by atoms with Crippen molar-refractivity contribution in [3.8, 4) is 10.6 Å². The zero-order chi connectivity index (χ0) is 14.3. The number of pyridine rings is 1. The van der Waals surface area contributed by atoms with Gasteiger partial charge in [0.1, 0.15) is 11.3 Å². The fraction of sp³-hybridized carbons (Fsp3) is 0.0667. The highest BCUT2D eigenvalue weighted by molar-refractivity contribution is 7.13. The Morgan fingerprint density at radius 3 is 2.80 bits per heavy atom. The number of hydrogen-bond acceptors (Lipinski definition) is 3. The molecule has 0 aliphatic carbocycles. The van der Waals surface area contributed by atoms with E-state index in [0.717, 1.165) is 10.4 Å². The summed E-state index contributed by atoms with van der Waals surface area (Å²) in [5.74, 6) is -1.60. The molecular weight excluding hydrogens is 277 g/mol. The first-order valence-corrected chi connectivity index (χ1v) is 6.83. The van der Waals surface area contributed by atoms with Gasteiger partial charge in [0, 0.05) is 5.39 Å². The lowest BCUT2D eigenvalue weighted by molar-refractivity contribution is 0.0699. The van der Waals surface area contributed by atoms with Gasteiger partial charge in [0.05, 0.1) is 16.1 Å². The topological polar surface area (TPSA) is 50.2 Å². The number of aromatic nitrogens is 1. The first-order chi connectivity index (χ1) is 9.58. The number of benzene rings is 1. The molecule has 2 heterocycles. The number of aromatic carboxylic acids is 1. The smallest absolute Gasteiger partial charge is 0.336 e. The monoisotopic (exact) mass is 287 g/mol. The number of aryl methyl sites for hydroxylation is 1. The molecule has 2 aromatic heterocycles. The van der Waals surface area contributed by atoms with Crippen LogP contribution >= 0.6 is 11.3 Å². The third-order valence-electron chi connectivity index (χ3n) is 3.12. The summed E-state index contributed by atoms with van der Waals surface area (Å²) in [6, 6.07) is 7.77. The number of carbonyl (C=O) groups is 1. The van der Waals surface area contributed by atoms with E-state index in [2.05, 4.69) is 4.98 Å². The summed E-state index contributed by atoms with van der Waals surface area (Å²) in [5.41, 5.74) is 1.65. The van der Waals surface area contributed by atoms with Crippen LogP contribution < -0.4 is 0 Å². The van der Waals surface area contributed by atoms with E-state index in [1.165, 1.54) is 29.5 Å². The number of nitrogens with zero attached hydrogens (tertiary/aromatic N) is 1. The summed E-state index contributed by atoms with van der Waals surface area (Å²) in [7, 11) is 0. The van der Waals surface area contributed by atoms with Crippen LogP contribution in [0.1, 0.15) is 15.9 Å². The van der Waals surface area contributed by atoms with Gasteiger partial charge in [-0.1, -0.05) is 12.1 Å². The van der Waals surface area contributed by atoms with Gasteiger partial charge < -0.3 is 5.11 Å². The van der Waals surface area contributed by atoms with Crippen molar-refractivity contribution >= 4 is 28.2 Å². The number of rotatable bonds is 2. The molecule has 0 unspecified atom stereocenters. The summed E-state index contributed by atoms with van der Waals surface area (Å²) >= 11 is 1.46. The molecule has 0 amide bonds. The minimum Gasteiger partial charge on any atom is -0.478 e. The van der Waals surface area contributed by atoms with Gasteiger partial charge >= 0.3 is 5.97 Å². The SMILES string of the molecule is Cc1ccsc1-c1cc(C(=O)O)c2cccc(F)c2n1. The van der Waals surface area contributed by atoms with E-state index in [0.29, 0.717) is 11.1 Å². The Hall–Kier alpha value is -2.27. The lowest BCUT2D eigenvalue weighted by atomic mass is 10.1. The van der Waals surface area contributed by atoms with Crippen LogP contribution in [0, 0.1) is 12.7 Å². The van der Waals surface area contributed by atoms with Crippen LogP contribution in [-0.2, 0) is 0 Å². The van der Waals surface area contributed by atoms with Gasteiger partial charge in [-0.05, 0) is 36.1 Å². The predicted molar refractivity (Wildman–Crippen MR) is 76.7 cm³/mol. The standard InChI is InChI=1S/C15H10FNO2S/c1-8-5-6-20-14(8)12-7-10(15(18)19)9-3-2-4-11(16)13(9)17-12/h2-7H,1H3,(H,18,19). The van der Waals surface area contributed by atoms with Gasteiger partial charge in [-0.3, -0.25) is 0 Å². The van der Waals surface area contributed by atoms with E-state index in [-0.39, 0.29) is 11.1 Å². The van der Waals surface area contributed by atoms with Crippen molar-refractivity contribution in [2.24, 2.45) is 0 Å². The van der Waals surface area contributed by atoms with Crippen molar-refractivity contribution < 1.29 is 14.3 Å². The van der Waals surface area contributed by atoms with Crippen molar-refractivity contribution in [2.75, 3.05) is 0 Å². The molecule has 5 heteroatoms. The molecule has 0 saturated carbocycles. The maximum atomic E-state index is 13.9. The fourth-order valence-electron chi connectivity index (χ4n) is 2.14. The number of thiophene rings is 1. The van der Waals surface area contributed by atoms with Crippen molar-refractivity contribution in [1.82, 2.24) is 4.98 Å². The van der Waals surface area contributed by atoms with Crippen LogP contribution in [0.4, 0.5) is 4.39 Å². The summed E-state index contributed by atoms with van der Waals surface area (Å²) in [6.45, 7) is 1.92. The molecular formula is C15H10FNO2S. The minimum atomic E-state index is -1.08. The Morgan fingerprint density at radius 1 is 1.35 bits per heavy atom. The van der Waals surface area contributed by atoms with Crippen molar-refractivity contribution in [3.63, 3.8) is 0 Å². The van der Waals surface area contributed by atoms with Gasteiger partial charge in [-0.15, -0.1) is 11.3 Å². The number of fused-ring (bicyclic) bond motifs is 1. The van der Waals surface area contributed by atoms with Crippen molar-refractivity contribution in [3.05, 3.63) is 52.7 Å². The molecule has 20 heavy (non-hydrogen) atoms. The molecule has 0 bridgehead atoms. The normalized spacial score (nSPS) is 10.9. The molecule has 100 valence electrons. The Morgan fingerprint density at radius 2 is 2.15 bits per heavy atom.